The van der Waals surface area contributed by atoms with Crippen molar-refractivity contribution in [2.24, 2.45) is 5.73 Å². The lowest BCUT2D eigenvalue weighted by Gasteiger charge is -2.03. The monoisotopic (exact) mass is 295 g/mol. The number of hydrogen-bond acceptors (Lipinski definition) is 2. The Morgan fingerprint density at radius 1 is 1.38 bits per heavy atom. The van der Waals surface area contributed by atoms with Gasteiger partial charge in [0.05, 0.1) is 0 Å². The zero-order valence-electron chi connectivity index (χ0n) is 9.11. The molecular weight excluding hydrogens is 282 g/mol. The molecule has 0 radical (unpaired) electrons. The van der Waals surface area contributed by atoms with Crippen molar-refractivity contribution >= 4 is 27.3 Å². The number of halogens is 1. The quantitative estimate of drug-likeness (QED) is 0.900. The number of benzene rings is 1. The van der Waals surface area contributed by atoms with Crippen molar-refractivity contribution in [1.82, 2.24) is 0 Å². The molecule has 1 aromatic heterocycles. The summed E-state index contributed by atoms with van der Waals surface area (Å²) in [5.74, 6) is 0.442. The Bertz CT molecular complexity index is 478. The van der Waals surface area contributed by atoms with E-state index in [-0.39, 0.29) is 0 Å². The van der Waals surface area contributed by atoms with E-state index in [0.717, 1.165) is 4.47 Å². The second-order valence-corrected chi connectivity index (χ2v) is 5.72. The highest BCUT2D eigenvalue weighted by molar-refractivity contribution is 9.10. The summed E-state index contributed by atoms with van der Waals surface area (Å²) in [7, 11) is 0. The van der Waals surface area contributed by atoms with Gasteiger partial charge in [-0.2, -0.15) is 0 Å². The van der Waals surface area contributed by atoms with Gasteiger partial charge in [-0.25, -0.2) is 0 Å². The molecule has 2 N–H and O–H groups in total. The maximum atomic E-state index is 5.67. The van der Waals surface area contributed by atoms with Gasteiger partial charge < -0.3 is 5.73 Å². The molecule has 0 fully saturated rings. The second kappa shape index (κ2) is 5.13. The molecule has 0 aliphatic heterocycles. The molecule has 0 saturated heterocycles. The standard InChI is InChI=1S/C13H14BrNS/c1-9(7-15)11-6-13(16-8-11)10-3-2-4-12(14)5-10/h2-6,8-9H,7,15H2,1H3. The van der Waals surface area contributed by atoms with Gasteiger partial charge >= 0.3 is 0 Å². The Morgan fingerprint density at radius 2 is 2.19 bits per heavy atom. The van der Waals surface area contributed by atoms with Crippen molar-refractivity contribution in [3.05, 3.63) is 45.7 Å². The summed E-state index contributed by atoms with van der Waals surface area (Å²) >= 11 is 5.27. The first-order valence-electron chi connectivity index (χ1n) is 5.25. The van der Waals surface area contributed by atoms with E-state index in [1.54, 1.807) is 11.3 Å². The van der Waals surface area contributed by atoms with Crippen LogP contribution in [0.4, 0.5) is 0 Å². The first kappa shape index (κ1) is 11.8. The highest BCUT2D eigenvalue weighted by atomic mass is 79.9. The molecule has 3 heteroatoms. The molecule has 84 valence electrons. The molecular formula is C13H14BrNS. The topological polar surface area (TPSA) is 26.0 Å². The first-order valence-corrected chi connectivity index (χ1v) is 6.92. The van der Waals surface area contributed by atoms with Crippen molar-refractivity contribution in [1.29, 1.82) is 0 Å². The zero-order chi connectivity index (χ0) is 11.5. The van der Waals surface area contributed by atoms with Crippen LogP contribution in [-0.2, 0) is 0 Å². The van der Waals surface area contributed by atoms with Gasteiger partial charge in [0.2, 0.25) is 0 Å². The van der Waals surface area contributed by atoms with Crippen molar-refractivity contribution in [2.75, 3.05) is 6.54 Å². The van der Waals surface area contributed by atoms with Gasteiger partial charge in [-0.15, -0.1) is 11.3 Å². The second-order valence-electron chi connectivity index (χ2n) is 3.89. The molecule has 0 bridgehead atoms. The van der Waals surface area contributed by atoms with Gasteiger partial charge in [-0.05, 0) is 47.2 Å². The Kier molecular flexibility index (Phi) is 3.79. The van der Waals surface area contributed by atoms with Gasteiger partial charge in [-0.3, -0.25) is 0 Å². The molecule has 0 saturated carbocycles. The Labute approximate surface area is 108 Å². The van der Waals surface area contributed by atoms with Crippen molar-refractivity contribution in [3.63, 3.8) is 0 Å². The Balaban J connectivity index is 2.31. The maximum Gasteiger partial charge on any atom is 0.0346 e. The minimum atomic E-state index is 0.442. The van der Waals surface area contributed by atoms with Crippen molar-refractivity contribution < 1.29 is 0 Å². The van der Waals surface area contributed by atoms with E-state index in [2.05, 4.69) is 52.5 Å². The summed E-state index contributed by atoms with van der Waals surface area (Å²) in [6.07, 6.45) is 0. The van der Waals surface area contributed by atoms with Crippen LogP contribution in [0.1, 0.15) is 18.4 Å². The predicted molar refractivity (Wildman–Crippen MR) is 74.9 cm³/mol. The van der Waals surface area contributed by atoms with Crippen molar-refractivity contribution in [3.8, 4) is 10.4 Å². The highest BCUT2D eigenvalue weighted by Crippen LogP contribution is 2.31. The van der Waals surface area contributed by atoms with E-state index in [1.807, 2.05) is 6.07 Å². The molecule has 1 heterocycles. The Morgan fingerprint density at radius 3 is 2.88 bits per heavy atom. The third-order valence-electron chi connectivity index (χ3n) is 2.65. The largest absolute Gasteiger partial charge is 0.330 e. The fraction of sp³-hybridized carbons (Fsp3) is 0.231. The molecule has 0 aliphatic carbocycles. The average Bonchev–Trinajstić information content (AvgIpc) is 2.77. The fourth-order valence-corrected chi connectivity index (χ4v) is 2.97. The van der Waals surface area contributed by atoms with E-state index in [1.165, 1.54) is 16.0 Å². The van der Waals surface area contributed by atoms with Gasteiger partial charge in [0.15, 0.2) is 0 Å². The van der Waals surface area contributed by atoms with Gasteiger partial charge in [-0.1, -0.05) is 35.0 Å². The van der Waals surface area contributed by atoms with Crippen LogP contribution in [-0.4, -0.2) is 6.54 Å². The number of rotatable bonds is 3. The zero-order valence-corrected chi connectivity index (χ0v) is 11.5. The SMILES string of the molecule is CC(CN)c1csc(-c2cccc(Br)c2)c1. The molecule has 1 aromatic carbocycles. The summed E-state index contributed by atoms with van der Waals surface area (Å²) in [4.78, 5) is 1.30. The first-order chi connectivity index (χ1) is 7.70. The molecule has 0 aliphatic rings. The van der Waals surface area contributed by atoms with E-state index >= 15 is 0 Å². The van der Waals surface area contributed by atoms with Crippen LogP contribution < -0.4 is 5.73 Å². The summed E-state index contributed by atoms with van der Waals surface area (Å²) in [6, 6.07) is 10.6. The van der Waals surface area contributed by atoms with Crippen LogP contribution in [0.5, 0.6) is 0 Å². The normalized spacial score (nSPS) is 12.7. The lowest BCUT2D eigenvalue weighted by molar-refractivity contribution is 0.778. The predicted octanol–water partition coefficient (Wildman–Crippen LogP) is 4.24. The minimum Gasteiger partial charge on any atom is -0.330 e. The number of hydrogen-bond donors (Lipinski definition) is 1. The molecule has 1 atom stereocenters. The number of thiophene rings is 1. The lowest BCUT2D eigenvalue weighted by Crippen LogP contribution is -2.07. The van der Waals surface area contributed by atoms with Crippen LogP contribution in [0, 0.1) is 0 Å². The van der Waals surface area contributed by atoms with Crippen LogP contribution in [0.25, 0.3) is 10.4 Å². The minimum absolute atomic E-state index is 0.442. The van der Waals surface area contributed by atoms with Gasteiger partial charge in [0.1, 0.15) is 0 Å². The van der Waals surface area contributed by atoms with E-state index in [0.29, 0.717) is 12.5 Å². The Hall–Kier alpha value is -0.640. The van der Waals surface area contributed by atoms with Gasteiger partial charge in [0.25, 0.3) is 0 Å². The van der Waals surface area contributed by atoms with E-state index in [9.17, 15) is 0 Å². The third kappa shape index (κ3) is 2.54. The van der Waals surface area contributed by atoms with Crippen LogP contribution >= 0.6 is 27.3 Å². The molecule has 0 amide bonds. The molecule has 1 nitrogen and oxygen atoms in total. The molecule has 1 unspecified atom stereocenters. The van der Waals surface area contributed by atoms with E-state index < -0.39 is 0 Å². The summed E-state index contributed by atoms with van der Waals surface area (Å²) in [6.45, 7) is 2.86. The lowest BCUT2D eigenvalue weighted by atomic mass is 10.0. The summed E-state index contributed by atoms with van der Waals surface area (Å²) in [5, 5.41) is 2.20. The molecule has 2 aromatic rings. The highest BCUT2D eigenvalue weighted by Gasteiger charge is 2.07. The van der Waals surface area contributed by atoms with Gasteiger partial charge in [0, 0.05) is 9.35 Å². The fourth-order valence-electron chi connectivity index (χ4n) is 1.54. The number of nitrogens with two attached hydrogens (primary N) is 1. The average molecular weight is 296 g/mol. The molecule has 16 heavy (non-hydrogen) atoms. The smallest absolute Gasteiger partial charge is 0.0346 e. The van der Waals surface area contributed by atoms with Crippen LogP contribution in [0.15, 0.2) is 40.2 Å². The maximum absolute atomic E-state index is 5.67. The van der Waals surface area contributed by atoms with Crippen LogP contribution in [0.3, 0.4) is 0 Å². The van der Waals surface area contributed by atoms with E-state index in [4.69, 9.17) is 5.73 Å². The summed E-state index contributed by atoms with van der Waals surface area (Å²) < 4.78 is 1.12. The van der Waals surface area contributed by atoms with Crippen molar-refractivity contribution in [2.45, 2.75) is 12.8 Å². The third-order valence-corrected chi connectivity index (χ3v) is 4.14. The summed E-state index contributed by atoms with van der Waals surface area (Å²) in [5.41, 5.74) is 8.27. The molecule has 2 rings (SSSR count). The molecule has 0 spiro atoms. The van der Waals surface area contributed by atoms with Crippen LogP contribution in [0.2, 0.25) is 0 Å².